The molecule has 1 rings (SSSR count). The van der Waals surface area contributed by atoms with Crippen LogP contribution in [-0.4, -0.2) is 19.2 Å². The fraction of sp³-hybridized carbons (Fsp3) is 0.625. The lowest BCUT2D eigenvalue weighted by Crippen LogP contribution is -2.27. The number of benzene rings is 1. The van der Waals surface area contributed by atoms with E-state index in [1.807, 2.05) is 0 Å². The second kappa shape index (κ2) is 7.42. The third kappa shape index (κ3) is 4.69. The first kappa shape index (κ1) is 15.0. The smallest absolute Gasteiger partial charge is 0.119 e. The molecule has 1 atom stereocenters. The first-order valence-corrected chi connectivity index (χ1v) is 7.01. The molecule has 0 saturated heterocycles. The van der Waals surface area contributed by atoms with Crippen molar-refractivity contribution in [3.63, 3.8) is 0 Å². The number of ether oxygens (including phenoxy) is 1. The summed E-state index contributed by atoms with van der Waals surface area (Å²) in [7, 11) is 0. The molecule has 0 aliphatic carbocycles. The molecule has 0 fully saturated rings. The zero-order valence-corrected chi connectivity index (χ0v) is 12.4. The van der Waals surface area contributed by atoms with Crippen LogP contribution in [0.3, 0.4) is 0 Å². The quantitative estimate of drug-likeness (QED) is 0.791. The molecule has 0 heterocycles. The zero-order chi connectivity index (χ0) is 13.5. The molecule has 1 N–H and O–H groups in total. The van der Waals surface area contributed by atoms with Gasteiger partial charge < -0.3 is 10.1 Å². The lowest BCUT2D eigenvalue weighted by Gasteiger charge is -2.15. The molecule has 18 heavy (non-hydrogen) atoms. The van der Waals surface area contributed by atoms with Gasteiger partial charge in [-0.3, -0.25) is 0 Å². The van der Waals surface area contributed by atoms with E-state index >= 15 is 0 Å². The van der Waals surface area contributed by atoms with E-state index in [1.54, 1.807) is 0 Å². The predicted octanol–water partition coefficient (Wildman–Crippen LogP) is 3.89. The largest absolute Gasteiger partial charge is 0.494 e. The molecule has 0 radical (unpaired) electrons. The molecule has 1 unspecified atom stereocenters. The third-order valence-electron chi connectivity index (χ3n) is 3.24. The van der Waals surface area contributed by atoms with Crippen LogP contribution in [0.25, 0.3) is 0 Å². The molecule has 1 aromatic rings. The van der Waals surface area contributed by atoms with Gasteiger partial charge in [-0.1, -0.05) is 26.8 Å². The molecule has 0 bridgehead atoms. The van der Waals surface area contributed by atoms with E-state index < -0.39 is 0 Å². The van der Waals surface area contributed by atoms with Gasteiger partial charge in [0.25, 0.3) is 0 Å². The van der Waals surface area contributed by atoms with E-state index in [-0.39, 0.29) is 0 Å². The SMILES string of the molecule is CCNC(C)CCOc1ccc(C(C)C)c(C)c1. The van der Waals surface area contributed by atoms with Gasteiger partial charge in [0.2, 0.25) is 0 Å². The van der Waals surface area contributed by atoms with Gasteiger partial charge >= 0.3 is 0 Å². The Morgan fingerprint density at radius 2 is 1.94 bits per heavy atom. The maximum Gasteiger partial charge on any atom is 0.119 e. The van der Waals surface area contributed by atoms with Gasteiger partial charge in [-0.05, 0) is 56.0 Å². The Morgan fingerprint density at radius 1 is 1.22 bits per heavy atom. The Kier molecular flexibility index (Phi) is 6.20. The first-order chi connectivity index (χ1) is 8.54. The van der Waals surface area contributed by atoms with Crippen LogP contribution in [0.2, 0.25) is 0 Å². The van der Waals surface area contributed by atoms with Crippen LogP contribution in [0.4, 0.5) is 0 Å². The van der Waals surface area contributed by atoms with Gasteiger partial charge in [0.1, 0.15) is 5.75 Å². The van der Waals surface area contributed by atoms with E-state index in [0.717, 1.165) is 25.3 Å². The predicted molar refractivity (Wildman–Crippen MR) is 78.5 cm³/mol. The summed E-state index contributed by atoms with van der Waals surface area (Å²) in [5.41, 5.74) is 2.73. The molecule has 0 aromatic heterocycles. The van der Waals surface area contributed by atoms with E-state index in [1.165, 1.54) is 11.1 Å². The number of hydrogen-bond acceptors (Lipinski definition) is 2. The monoisotopic (exact) mass is 249 g/mol. The van der Waals surface area contributed by atoms with Crippen molar-refractivity contribution in [1.29, 1.82) is 0 Å². The highest BCUT2D eigenvalue weighted by molar-refractivity contribution is 5.36. The summed E-state index contributed by atoms with van der Waals surface area (Å²) in [6.45, 7) is 12.7. The summed E-state index contributed by atoms with van der Waals surface area (Å²) >= 11 is 0. The summed E-state index contributed by atoms with van der Waals surface area (Å²) < 4.78 is 5.80. The maximum absolute atomic E-state index is 5.80. The van der Waals surface area contributed by atoms with Crippen LogP contribution < -0.4 is 10.1 Å². The first-order valence-electron chi connectivity index (χ1n) is 7.01. The van der Waals surface area contributed by atoms with Crippen LogP contribution in [0.5, 0.6) is 5.75 Å². The Balaban J connectivity index is 2.46. The second-order valence-corrected chi connectivity index (χ2v) is 5.27. The summed E-state index contributed by atoms with van der Waals surface area (Å²) in [5.74, 6) is 1.56. The van der Waals surface area contributed by atoms with Gasteiger partial charge in [-0.25, -0.2) is 0 Å². The Labute approximate surface area is 112 Å². The van der Waals surface area contributed by atoms with Crippen LogP contribution in [0.15, 0.2) is 18.2 Å². The fourth-order valence-electron chi connectivity index (χ4n) is 2.19. The number of hydrogen-bond donors (Lipinski definition) is 1. The normalized spacial score (nSPS) is 12.8. The van der Waals surface area contributed by atoms with E-state index in [0.29, 0.717) is 12.0 Å². The lowest BCUT2D eigenvalue weighted by atomic mass is 9.98. The van der Waals surface area contributed by atoms with Gasteiger partial charge in [0.15, 0.2) is 0 Å². The average Bonchev–Trinajstić information content (AvgIpc) is 2.29. The van der Waals surface area contributed by atoms with E-state index in [4.69, 9.17) is 4.74 Å². The number of aryl methyl sites for hydroxylation is 1. The maximum atomic E-state index is 5.80. The molecule has 0 amide bonds. The molecule has 2 nitrogen and oxygen atoms in total. The van der Waals surface area contributed by atoms with Crippen molar-refractivity contribution in [2.24, 2.45) is 0 Å². The van der Waals surface area contributed by atoms with E-state index in [2.05, 4.69) is 58.1 Å². The minimum atomic E-state index is 0.519. The number of rotatable bonds is 7. The van der Waals surface area contributed by atoms with Gasteiger partial charge in [0, 0.05) is 6.04 Å². The molecule has 1 aromatic carbocycles. The molecule has 0 aliphatic heterocycles. The van der Waals surface area contributed by atoms with E-state index in [9.17, 15) is 0 Å². The summed E-state index contributed by atoms with van der Waals surface area (Å²) in [6.07, 6.45) is 1.04. The zero-order valence-electron chi connectivity index (χ0n) is 12.4. The topological polar surface area (TPSA) is 21.3 Å². The van der Waals surface area contributed by atoms with Crippen LogP contribution in [0, 0.1) is 6.92 Å². The van der Waals surface area contributed by atoms with Gasteiger partial charge in [-0.15, -0.1) is 0 Å². The Morgan fingerprint density at radius 3 is 2.50 bits per heavy atom. The fourth-order valence-corrected chi connectivity index (χ4v) is 2.19. The van der Waals surface area contributed by atoms with Crippen molar-refractivity contribution in [3.8, 4) is 5.75 Å². The van der Waals surface area contributed by atoms with Crippen molar-refractivity contribution < 1.29 is 4.74 Å². The highest BCUT2D eigenvalue weighted by Crippen LogP contribution is 2.23. The third-order valence-corrected chi connectivity index (χ3v) is 3.24. The minimum absolute atomic E-state index is 0.519. The number of nitrogens with one attached hydrogen (secondary N) is 1. The highest BCUT2D eigenvalue weighted by atomic mass is 16.5. The Hall–Kier alpha value is -1.02. The van der Waals surface area contributed by atoms with Crippen molar-refractivity contribution in [2.45, 2.75) is 53.0 Å². The average molecular weight is 249 g/mol. The van der Waals surface area contributed by atoms with Crippen molar-refractivity contribution >= 4 is 0 Å². The molecule has 2 heteroatoms. The molecule has 0 saturated carbocycles. The van der Waals surface area contributed by atoms with Gasteiger partial charge in [-0.2, -0.15) is 0 Å². The second-order valence-electron chi connectivity index (χ2n) is 5.27. The molecule has 0 spiro atoms. The van der Waals surface area contributed by atoms with Crippen LogP contribution >= 0.6 is 0 Å². The summed E-state index contributed by atoms with van der Waals surface area (Å²) in [4.78, 5) is 0. The van der Waals surface area contributed by atoms with Crippen LogP contribution in [-0.2, 0) is 0 Å². The molecular formula is C16H27NO. The molecular weight excluding hydrogens is 222 g/mol. The highest BCUT2D eigenvalue weighted by Gasteiger charge is 2.05. The lowest BCUT2D eigenvalue weighted by molar-refractivity contribution is 0.291. The summed E-state index contributed by atoms with van der Waals surface area (Å²) in [6, 6.07) is 6.93. The van der Waals surface area contributed by atoms with Crippen molar-refractivity contribution in [2.75, 3.05) is 13.2 Å². The Bertz CT molecular complexity index is 360. The van der Waals surface area contributed by atoms with Crippen molar-refractivity contribution in [3.05, 3.63) is 29.3 Å². The standard InChI is InChI=1S/C16H27NO/c1-6-17-14(5)9-10-18-15-7-8-16(12(2)3)13(4)11-15/h7-8,11-12,14,17H,6,9-10H2,1-5H3. The summed E-state index contributed by atoms with van der Waals surface area (Å²) in [5, 5.41) is 3.39. The van der Waals surface area contributed by atoms with Crippen molar-refractivity contribution in [1.82, 2.24) is 5.32 Å². The minimum Gasteiger partial charge on any atom is -0.494 e. The molecule has 0 aliphatic rings. The molecule has 102 valence electrons. The van der Waals surface area contributed by atoms with Gasteiger partial charge in [0.05, 0.1) is 6.61 Å². The van der Waals surface area contributed by atoms with Crippen LogP contribution in [0.1, 0.15) is 51.2 Å².